The van der Waals surface area contributed by atoms with Gasteiger partial charge in [-0.05, 0) is 43.0 Å². The van der Waals surface area contributed by atoms with Gasteiger partial charge in [0, 0.05) is 37.3 Å². The second kappa shape index (κ2) is 7.11. The molecule has 1 aliphatic heterocycles. The normalized spacial score (nSPS) is 19.2. The van der Waals surface area contributed by atoms with E-state index in [-0.39, 0.29) is 11.8 Å². The van der Waals surface area contributed by atoms with Gasteiger partial charge < -0.3 is 16.0 Å². The zero-order valence-electron chi connectivity index (χ0n) is 12.5. The first-order chi connectivity index (χ1) is 10.0. The zero-order chi connectivity index (χ0) is 15.2. The Hall–Kier alpha value is -2.04. The zero-order valence-corrected chi connectivity index (χ0v) is 12.5. The maximum absolute atomic E-state index is 11.9. The summed E-state index contributed by atoms with van der Waals surface area (Å²) in [7, 11) is 0. The van der Waals surface area contributed by atoms with Gasteiger partial charge in [-0.15, -0.1) is 0 Å². The van der Waals surface area contributed by atoms with Gasteiger partial charge in [0.05, 0.1) is 0 Å². The Bertz CT molecular complexity index is 499. The number of hydrogen-bond donors (Lipinski definition) is 2. The van der Waals surface area contributed by atoms with E-state index in [0.717, 1.165) is 25.1 Å². The van der Waals surface area contributed by atoms with Crippen molar-refractivity contribution in [1.82, 2.24) is 4.90 Å². The number of amides is 2. The van der Waals surface area contributed by atoms with Crippen LogP contribution in [0.15, 0.2) is 24.3 Å². The minimum Gasteiger partial charge on any atom is -0.399 e. The molecule has 5 heteroatoms. The van der Waals surface area contributed by atoms with Gasteiger partial charge in [0.1, 0.15) is 0 Å². The Labute approximate surface area is 125 Å². The number of carbonyl (C=O) groups is 2. The van der Waals surface area contributed by atoms with Gasteiger partial charge in [0.15, 0.2) is 0 Å². The molecule has 0 bridgehead atoms. The molecule has 1 atom stereocenters. The van der Waals surface area contributed by atoms with E-state index in [1.165, 1.54) is 0 Å². The van der Waals surface area contributed by atoms with Crippen molar-refractivity contribution in [3.05, 3.63) is 24.3 Å². The molecule has 114 valence electrons. The van der Waals surface area contributed by atoms with E-state index < -0.39 is 0 Å². The maximum atomic E-state index is 11.9. The molecule has 3 N–H and O–H groups in total. The molecule has 1 heterocycles. The van der Waals surface area contributed by atoms with Crippen LogP contribution in [0.2, 0.25) is 0 Å². The second-order valence-electron chi connectivity index (χ2n) is 5.73. The molecule has 1 unspecified atom stereocenters. The fraction of sp³-hybridized carbons (Fsp3) is 0.500. The van der Waals surface area contributed by atoms with Gasteiger partial charge in [-0.25, -0.2) is 0 Å². The lowest BCUT2D eigenvalue weighted by Crippen LogP contribution is -2.33. The number of rotatable bonds is 4. The number of nitrogens with one attached hydrogen (secondary N) is 1. The number of nitrogen functional groups attached to an aromatic ring is 1. The number of nitrogens with zero attached hydrogens (tertiary/aromatic N) is 1. The molecule has 0 saturated carbocycles. The number of nitrogens with two attached hydrogens (primary N) is 1. The third-order valence-corrected chi connectivity index (χ3v) is 3.90. The fourth-order valence-corrected chi connectivity index (χ4v) is 2.44. The molecule has 21 heavy (non-hydrogen) atoms. The fourth-order valence-electron chi connectivity index (χ4n) is 2.44. The van der Waals surface area contributed by atoms with Gasteiger partial charge >= 0.3 is 0 Å². The molecule has 2 amide bonds. The number of likely N-dealkylation sites (tertiary alicyclic amines) is 1. The highest BCUT2D eigenvalue weighted by Crippen LogP contribution is 2.17. The number of anilines is 2. The Balaban J connectivity index is 1.80. The topological polar surface area (TPSA) is 75.4 Å². The quantitative estimate of drug-likeness (QED) is 0.835. The van der Waals surface area contributed by atoms with Crippen molar-refractivity contribution in [3.8, 4) is 0 Å². The molecule has 0 radical (unpaired) electrons. The summed E-state index contributed by atoms with van der Waals surface area (Å²) >= 11 is 0. The molecule has 1 aliphatic rings. The van der Waals surface area contributed by atoms with Crippen LogP contribution in [0.1, 0.15) is 32.6 Å². The van der Waals surface area contributed by atoms with Crippen molar-refractivity contribution >= 4 is 23.2 Å². The minimum atomic E-state index is -0.0788. The maximum Gasteiger partial charge on any atom is 0.226 e. The molecule has 1 aromatic carbocycles. The van der Waals surface area contributed by atoms with E-state index in [0.29, 0.717) is 31.0 Å². The lowest BCUT2D eigenvalue weighted by Gasteiger charge is -2.20. The summed E-state index contributed by atoms with van der Waals surface area (Å²) < 4.78 is 0. The van der Waals surface area contributed by atoms with Crippen LogP contribution in [0.5, 0.6) is 0 Å². The largest absolute Gasteiger partial charge is 0.399 e. The van der Waals surface area contributed by atoms with Gasteiger partial charge in [-0.3, -0.25) is 9.59 Å². The van der Waals surface area contributed by atoms with E-state index in [4.69, 9.17) is 5.73 Å². The van der Waals surface area contributed by atoms with Crippen LogP contribution < -0.4 is 11.1 Å². The first kappa shape index (κ1) is 15.4. The summed E-state index contributed by atoms with van der Waals surface area (Å²) in [5.41, 5.74) is 6.99. The second-order valence-corrected chi connectivity index (χ2v) is 5.73. The summed E-state index contributed by atoms with van der Waals surface area (Å²) in [6.45, 7) is 3.42. The first-order valence-electron chi connectivity index (χ1n) is 7.48. The summed E-state index contributed by atoms with van der Waals surface area (Å²) in [5, 5.41) is 2.82. The molecule has 1 aromatic rings. The molecule has 0 spiro atoms. The number of benzene rings is 1. The van der Waals surface area contributed by atoms with Crippen LogP contribution in [0.4, 0.5) is 11.4 Å². The SMILES string of the molecule is CC1CCC(=O)N(CCC(=O)Nc2ccc(N)cc2)CC1. The van der Waals surface area contributed by atoms with Gasteiger partial charge in [0.2, 0.25) is 11.8 Å². The van der Waals surface area contributed by atoms with Crippen molar-refractivity contribution in [2.45, 2.75) is 32.6 Å². The lowest BCUT2D eigenvalue weighted by molar-refractivity contribution is -0.131. The van der Waals surface area contributed by atoms with E-state index in [1.54, 1.807) is 24.3 Å². The van der Waals surface area contributed by atoms with E-state index >= 15 is 0 Å². The first-order valence-corrected chi connectivity index (χ1v) is 7.48. The van der Waals surface area contributed by atoms with Gasteiger partial charge in [0.25, 0.3) is 0 Å². The van der Waals surface area contributed by atoms with Crippen molar-refractivity contribution in [2.75, 3.05) is 24.1 Å². The molecule has 0 aromatic heterocycles. The highest BCUT2D eigenvalue weighted by atomic mass is 16.2. The average Bonchev–Trinajstić information content (AvgIpc) is 2.62. The molecule has 1 fully saturated rings. The number of carbonyl (C=O) groups excluding carboxylic acids is 2. The number of hydrogen-bond acceptors (Lipinski definition) is 3. The van der Waals surface area contributed by atoms with Crippen molar-refractivity contribution in [2.24, 2.45) is 5.92 Å². The standard InChI is InChI=1S/C16H23N3O2/c1-12-2-7-16(21)19(10-8-12)11-9-15(20)18-14-5-3-13(17)4-6-14/h3-6,12H,2,7-11,17H2,1H3,(H,18,20). The van der Waals surface area contributed by atoms with Gasteiger partial charge in [-0.2, -0.15) is 0 Å². The highest BCUT2D eigenvalue weighted by molar-refractivity contribution is 5.91. The van der Waals surface area contributed by atoms with Crippen LogP contribution in [-0.2, 0) is 9.59 Å². The molecule has 1 saturated heterocycles. The average molecular weight is 289 g/mol. The summed E-state index contributed by atoms with van der Waals surface area (Å²) in [6.07, 6.45) is 2.89. The van der Waals surface area contributed by atoms with E-state index in [9.17, 15) is 9.59 Å². The summed E-state index contributed by atoms with van der Waals surface area (Å²) in [5.74, 6) is 0.673. The van der Waals surface area contributed by atoms with Crippen LogP contribution in [0.25, 0.3) is 0 Å². The van der Waals surface area contributed by atoms with Crippen LogP contribution in [0, 0.1) is 5.92 Å². The van der Waals surface area contributed by atoms with Gasteiger partial charge in [-0.1, -0.05) is 6.92 Å². The van der Waals surface area contributed by atoms with Crippen molar-refractivity contribution < 1.29 is 9.59 Å². The monoisotopic (exact) mass is 289 g/mol. The molecule has 2 rings (SSSR count). The third kappa shape index (κ3) is 4.77. The van der Waals surface area contributed by atoms with Crippen LogP contribution in [0.3, 0.4) is 0 Å². The molecular formula is C16H23N3O2. The van der Waals surface area contributed by atoms with E-state index in [1.807, 2.05) is 4.90 Å². The van der Waals surface area contributed by atoms with Crippen LogP contribution >= 0.6 is 0 Å². The van der Waals surface area contributed by atoms with Crippen molar-refractivity contribution in [3.63, 3.8) is 0 Å². The van der Waals surface area contributed by atoms with Crippen molar-refractivity contribution in [1.29, 1.82) is 0 Å². The smallest absolute Gasteiger partial charge is 0.226 e. The summed E-state index contributed by atoms with van der Waals surface area (Å²) in [6, 6.07) is 7.03. The Morgan fingerprint density at radius 3 is 2.76 bits per heavy atom. The Morgan fingerprint density at radius 2 is 2.05 bits per heavy atom. The van der Waals surface area contributed by atoms with Crippen LogP contribution in [-0.4, -0.2) is 29.8 Å². The molecular weight excluding hydrogens is 266 g/mol. The third-order valence-electron chi connectivity index (χ3n) is 3.90. The predicted octanol–water partition coefficient (Wildman–Crippen LogP) is 2.25. The Kier molecular flexibility index (Phi) is 5.20. The lowest BCUT2D eigenvalue weighted by atomic mass is 10.0. The minimum absolute atomic E-state index is 0.0788. The Morgan fingerprint density at radius 1 is 1.33 bits per heavy atom. The highest BCUT2D eigenvalue weighted by Gasteiger charge is 2.20. The molecule has 0 aliphatic carbocycles. The van der Waals surface area contributed by atoms with E-state index in [2.05, 4.69) is 12.2 Å². The summed E-state index contributed by atoms with van der Waals surface area (Å²) in [4.78, 5) is 25.7. The molecule has 5 nitrogen and oxygen atoms in total. The predicted molar refractivity (Wildman–Crippen MR) is 83.7 cm³/mol.